The average Bonchev–Trinajstić information content (AvgIpc) is 2.68. The molecule has 156 valence electrons. The lowest BCUT2D eigenvalue weighted by Gasteiger charge is -2.36. The molecule has 0 aromatic carbocycles. The van der Waals surface area contributed by atoms with Crippen LogP contribution in [0.2, 0.25) is 0 Å². The summed E-state index contributed by atoms with van der Waals surface area (Å²) in [5.74, 6) is 0.207. The Labute approximate surface area is 166 Å². The Kier molecular flexibility index (Phi) is 15.6. The first kappa shape index (κ1) is 25.4. The van der Waals surface area contributed by atoms with Crippen molar-refractivity contribution in [2.75, 3.05) is 26.4 Å². The maximum absolute atomic E-state index is 12.1. The number of carbonyl (C=O) groups excluding carboxylic acids is 2. The smallest absolute Gasteiger partial charge is 0.224 e. The first-order valence-electron chi connectivity index (χ1n) is 10.6. The van der Waals surface area contributed by atoms with Gasteiger partial charge in [0.25, 0.3) is 0 Å². The van der Waals surface area contributed by atoms with Gasteiger partial charge in [0.2, 0.25) is 11.8 Å². The zero-order chi connectivity index (χ0) is 20.4. The molecule has 0 unspecified atom stereocenters. The molecule has 0 aliphatic heterocycles. The van der Waals surface area contributed by atoms with Crippen LogP contribution in [0.1, 0.15) is 78.1 Å². The zero-order valence-corrected chi connectivity index (χ0v) is 17.7. The van der Waals surface area contributed by atoms with Gasteiger partial charge >= 0.3 is 0 Å². The van der Waals surface area contributed by atoms with Crippen LogP contribution in [-0.2, 0) is 9.59 Å². The first-order chi connectivity index (χ1) is 13.0. The summed E-state index contributed by atoms with van der Waals surface area (Å²) < 4.78 is 0.671. The van der Waals surface area contributed by atoms with Gasteiger partial charge in [-0.05, 0) is 52.4 Å². The van der Waals surface area contributed by atoms with Crippen molar-refractivity contribution >= 4 is 11.8 Å². The minimum absolute atomic E-state index is 0.103. The summed E-state index contributed by atoms with van der Waals surface area (Å²) in [4.78, 5) is 24.2. The fourth-order valence-electron chi connectivity index (χ4n) is 2.92. The molecule has 0 heterocycles. The second kappa shape index (κ2) is 16.5. The molecule has 0 aliphatic rings. The topological polar surface area (TPSA) is 58.2 Å². The van der Waals surface area contributed by atoms with Gasteiger partial charge in [-0.3, -0.25) is 14.1 Å². The van der Waals surface area contributed by atoms with Gasteiger partial charge in [-0.2, -0.15) is 0 Å². The van der Waals surface area contributed by atoms with Crippen molar-refractivity contribution in [2.24, 2.45) is 0 Å². The van der Waals surface area contributed by atoms with Crippen molar-refractivity contribution in [1.82, 2.24) is 10.6 Å². The van der Waals surface area contributed by atoms with Crippen molar-refractivity contribution in [2.45, 2.75) is 78.1 Å². The van der Waals surface area contributed by atoms with Gasteiger partial charge in [0.05, 0.1) is 13.1 Å². The Bertz CT molecular complexity index is 395. The Morgan fingerprint density at radius 2 is 1.15 bits per heavy atom. The molecule has 0 aliphatic carbocycles. The summed E-state index contributed by atoms with van der Waals surface area (Å²) >= 11 is 0. The van der Waals surface area contributed by atoms with E-state index in [0.717, 1.165) is 64.5 Å². The Morgan fingerprint density at radius 1 is 0.741 bits per heavy atom. The predicted octanol–water partition coefficient (Wildman–Crippen LogP) is 4.26. The molecule has 0 bridgehead atoms. The summed E-state index contributed by atoms with van der Waals surface area (Å²) in [7, 11) is 0. The highest BCUT2D eigenvalue weighted by Gasteiger charge is 2.24. The van der Waals surface area contributed by atoms with Crippen LogP contribution in [0.5, 0.6) is 0 Å². The van der Waals surface area contributed by atoms with Crippen molar-refractivity contribution in [1.29, 1.82) is 0 Å². The molecule has 0 saturated carbocycles. The number of unbranched alkanes of at least 4 members (excludes halogenated alkanes) is 6. The number of allylic oxidation sites excluding steroid dienone is 2. The van der Waals surface area contributed by atoms with E-state index >= 15 is 0 Å². The van der Waals surface area contributed by atoms with Gasteiger partial charge in [0, 0.05) is 12.8 Å². The van der Waals surface area contributed by atoms with Gasteiger partial charge in [-0.15, -0.1) is 13.2 Å². The third-order valence-electron chi connectivity index (χ3n) is 5.19. The van der Waals surface area contributed by atoms with E-state index in [1.54, 1.807) is 0 Å². The van der Waals surface area contributed by atoms with E-state index in [9.17, 15) is 9.59 Å². The summed E-state index contributed by atoms with van der Waals surface area (Å²) in [6.45, 7) is 14.5. The molecule has 0 saturated heterocycles. The monoisotopic (exact) mass is 380 g/mol. The number of rotatable bonds is 18. The molecule has 0 rings (SSSR count). The number of hydrogen-bond donors (Lipinski definition) is 2. The number of carbonyl (C=O) groups is 2. The van der Waals surface area contributed by atoms with Crippen molar-refractivity contribution in [3.05, 3.63) is 25.3 Å². The number of quaternary nitrogens is 1. The van der Waals surface area contributed by atoms with Crippen LogP contribution in [0.15, 0.2) is 25.3 Å². The fourth-order valence-corrected chi connectivity index (χ4v) is 2.92. The standard InChI is InChI=1S/C22H41N3O2/c1-5-9-11-13-15-17-21(26)23-19-25(7-3,8-4)20-24-22(27)18-16-14-12-10-6-2/h5-6H,1-2,7-20H2,3-4H3,(H-,23,24,26,27)/p+1. The Morgan fingerprint density at radius 3 is 1.48 bits per heavy atom. The van der Waals surface area contributed by atoms with Gasteiger partial charge in [0.1, 0.15) is 0 Å². The summed E-state index contributed by atoms with van der Waals surface area (Å²) in [5, 5.41) is 6.12. The largest absolute Gasteiger partial charge is 0.309 e. The molecule has 0 aromatic rings. The molecule has 5 heteroatoms. The Balaban J connectivity index is 4.14. The third kappa shape index (κ3) is 13.2. The van der Waals surface area contributed by atoms with E-state index in [1.807, 2.05) is 12.2 Å². The SMILES string of the molecule is C=CCCCCCC(=O)NC[N+](CC)(CC)CNC(=O)CCCCCC=C. The highest BCUT2D eigenvalue weighted by Crippen LogP contribution is 2.07. The highest BCUT2D eigenvalue weighted by molar-refractivity contribution is 5.76. The van der Waals surface area contributed by atoms with Crippen LogP contribution in [0, 0.1) is 0 Å². The van der Waals surface area contributed by atoms with Gasteiger partial charge in [-0.25, -0.2) is 0 Å². The van der Waals surface area contributed by atoms with Crippen LogP contribution >= 0.6 is 0 Å². The second-order valence-corrected chi connectivity index (χ2v) is 7.27. The molecule has 2 amide bonds. The van der Waals surface area contributed by atoms with Crippen molar-refractivity contribution in [3.63, 3.8) is 0 Å². The van der Waals surface area contributed by atoms with Crippen molar-refractivity contribution < 1.29 is 14.1 Å². The molecule has 0 atom stereocenters. The number of nitrogens with one attached hydrogen (secondary N) is 2. The van der Waals surface area contributed by atoms with Gasteiger partial charge < -0.3 is 10.6 Å². The molecular formula is C22H42N3O2+. The number of hydrogen-bond acceptors (Lipinski definition) is 2. The van der Waals surface area contributed by atoms with E-state index in [-0.39, 0.29) is 11.8 Å². The quantitative estimate of drug-likeness (QED) is 0.161. The molecule has 0 aromatic heterocycles. The molecular weight excluding hydrogens is 338 g/mol. The zero-order valence-electron chi connectivity index (χ0n) is 17.7. The normalized spacial score (nSPS) is 11.0. The molecule has 5 nitrogen and oxygen atoms in total. The third-order valence-corrected chi connectivity index (χ3v) is 5.19. The minimum atomic E-state index is 0.103. The molecule has 27 heavy (non-hydrogen) atoms. The van der Waals surface area contributed by atoms with Gasteiger partial charge in [-0.1, -0.05) is 25.0 Å². The molecule has 0 radical (unpaired) electrons. The van der Waals surface area contributed by atoms with E-state index in [1.165, 1.54) is 0 Å². The molecule has 0 spiro atoms. The maximum Gasteiger partial charge on any atom is 0.224 e. The van der Waals surface area contributed by atoms with Crippen LogP contribution < -0.4 is 10.6 Å². The van der Waals surface area contributed by atoms with E-state index in [4.69, 9.17) is 0 Å². The number of nitrogens with zero attached hydrogens (tertiary/aromatic N) is 1. The minimum Gasteiger partial charge on any atom is -0.309 e. The lowest BCUT2D eigenvalue weighted by atomic mass is 10.1. The van der Waals surface area contributed by atoms with Crippen LogP contribution in [-0.4, -0.2) is 42.7 Å². The first-order valence-corrected chi connectivity index (χ1v) is 10.6. The molecule has 2 N–H and O–H groups in total. The lowest BCUT2D eigenvalue weighted by molar-refractivity contribution is -0.928. The average molecular weight is 381 g/mol. The lowest BCUT2D eigenvalue weighted by Crippen LogP contribution is -2.58. The Hall–Kier alpha value is -1.62. The summed E-state index contributed by atoms with van der Waals surface area (Å²) in [6.07, 6.45) is 13.2. The van der Waals surface area contributed by atoms with Crippen molar-refractivity contribution in [3.8, 4) is 0 Å². The van der Waals surface area contributed by atoms with Crippen LogP contribution in [0.25, 0.3) is 0 Å². The van der Waals surface area contributed by atoms with Crippen LogP contribution in [0.4, 0.5) is 0 Å². The predicted molar refractivity (Wildman–Crippen MR) is 114 cm³/mol. The van der Waals surface area contributed by atoms with E-state index in [0.29, 0.717) is 30.7 Å². The number of amides is 2. The maximum atomic E-state index is 12.1. The summed E-state index contributed by atoms with van der Waals surface area (Å²) in [6, 6.07) is 0. The van der Waals surface area contributed by atoms with E-state index in [2.05, 4.69) is 37.6 Å². The van der Waals surface area contributed by atoms with Crippen LogP contribution in [0.3, 0.4) is 0 Å². The summed E-state index contributed by atoms with van der Waals surface area (Å²) in [5.41, 5.74) is 0. The molecule has 0 fully saturated rings. The second-order valence-electron chi connectivity index (χ2n) is 7.27. The fraction of sp³-hybridized carbons (Fsp3) is 0.727. The highest BCUT2D eigenvalue weighted by atomic mass is 16.2. The van der Waals surface area contributed by atoms with Gasteiger partial charge in [0.15, 0.2) is 13.3 Å². The van der Waals surface area contributed by atoms with E-state index < -0.39 is 0 Å².